The Labute approximate surface area is 102 Å². The van der Waals surface area contributed by atoms with Gasteiger partial charge < -0.3 is 10.3 Å². The molecule has 0 saturated carbocycles. The van der Waals surface area contributed by atoms with E-state index in [0.717, 1.165) is 12.2 Å². The summed E-state index contributed by atoms with van der Waals surface area (Å²) in [7, 11) is 2.01. The Bertz CT molecular complexity index is 476. The van der Waals surface area contributed by atoms with Crippen molar-refractivity contribution < 1.29 is 0 Å². The lowest BCUT2D eigenvalue weighted by Crippen LogP contribution is -2.17. The number of hydrogen-bond acceptors (Lipinski definition) is 2. The van der Waals surface area contributed by atoms with Crippen molar-refractivity contribution in [1.29, 1.82) is 0 Å². The number of benzene rings is 1. The van der Waals surface area contributed by atoms with E-state index in [-0.39, 0.29) is 0 Å². The molecule has 0 saturated heterocycles. The van der Waals surface area contributed by atoms with Gasteiger partial charge in [-0.3, -0.25) is 0 Å². The number of H-pyrrole nitrogens is 1. The Morgan fingerprint density at radius 1 is 1.38 bits per heavy atom. The number of rotatable bonds is 4. The summed E-state index contributed by atoms with van der Waals surface area (Å²) in [5, 5.41) is 4.69. The molecular formula is C13H18N2S. The van der Waals surface area contributed by atoms with Crippen LogP contribution in [-0.2, 0) is 0 Å². The largest absolute Gasteiger partial charge is 0.358 e. The molecule has 16 heavy (non-hydrogen) atoms. The molecule has 0 aliphatic heterocycles. The number of hydrogen-bond donors (Lipinski definition) is 3. The summed E-state index contributed by atoms with van der Waals surface area (Å²) in [6.45, 7) is 2.14. The van der Waals surface area contributed by atoms with Crippen molar-refractivity contribution in [1.82, 2.24) is 10.3 Å². The highest BCUT2D eigenvalue weighted by Crippen LogP contribution is 2.29. The van der Waals surface area contributed by atoms with Crippen LogP contribution in [0.3, 0.4) is 0 Å². The fourth-order valence-corrected chi connectivity index (χ4v) is 2.57. The van der Waals surface area contributed by atoms with Crippen LogP contribution in [0.5, 0.6) is 0 Å². The Morgan fingerprint density at radius 2 is 2.12 bits per heavy atom. The minimum Gasteiger partial charge on any atom is -0.358 e. The Balaban J connectivity index is 2.53. The molecule has 2 aromatic rings. The maximum Gasteiger partial charge on any atom is 0.0459 e. The minimum atomic E-state index is 0.383. The van der Waals surface area contributed by atoms with Crippen molar-refractivity contribution in [3.05, 3.63) is 35.5 Å². The molecule has 0 amide bonds. The molecule has 0 aliphatic carbocycles. The third-order valence-electron chi connectivity index (χ3n) is 3.06. The van der Waals surface area contributed by atoms with Crippen molar-refractivity contribution in [2.75, 3.05) is 12.8 Å². The highest BCUT2D eigenvalue weighted by molar-refractivity contribution is 7.80. The third-order valence-corrected chi connectivity index (χ3v) is 3.32. The van der Waals surface area contributed by atoms with Crippen LogP contribution in [-0.4, -0.2) is 17.8 Å². The van der Waals surface area contributed by atoms with Crippen LogP contribution in [0.2, 0.25) is 0 Å². The van der Waals surface area contributed by atoms with Crippen molar-refractivity contribution in [3.63, 3.8) is 0 Å². The van der Waals surface area contributed by atoms with Gasteiger partial charge in [0.2, 0.25) is 0 Å². The third kappa shape index (κ3) is 1.97. The molecule has 1 aromatic heterocycles. The number of para-hydroxylation sites is 1. The van der Waals surface area contributed by atoms with Gasteiger partial charge in [-0.05, 0) is 37.8 Å². The molecule has 2 N–H and O–H groups in total. The van der Waals surface area contributed by atoms with Gasteiger partial charge in [0, 0.05) is 22.6 Å². The smallest absolute Gasteiger partial charge is 0.0459 e. The number of aromatic amines is 1. The van der Waals surface area contributed by atoms with Gasteiger partial charge in [-0.1, -0.05) is 18.2 Å². The quantitative estimate of drug-likeness (QED) is 0.697. The molecule has 1 aromatic carbocycles. The number of nitrogens with one attached hydrogen (secondary N) is 2. The molecule has 0 aliphatic rings. The normalized spacial score (nSPS) is 13.2. The number of aryl methyl sites for hydroxylation is 1. The van der Waals surface area contributed by atoms with E-state index in [9.17, 15) is 0 Å². The van der Waals surface area contributed by atoms with Crippen LogP contribution in [0.1, 0.15) is 23.7 Å². The van der Waals surface area contributed by atoms with Crippen LogP contribution < -0.4 is 5.32 Å². The SMILES string of the molecule is CNC(CCS)c1c(C)[nH]c2ccccc12. The van der Waals surface area contributed by atoms with Crippen LogP contribution in [0.4, 0.5) is 0 Å². The monoisotopic (exact) mass is 234 g/mol. The van der Waals surface area contributed by atoms with Gasteiger partial charge in [0.15, 0.2) is 0 Å². The fourth-order valence-electron chi connectivity index (χ4n) is 2.31. The van der Waals surface area contributed by atoms with E-state index in [1.807, 2.05) is 7.05 Å². The second-order valence-electron chi connectivity index (χ2n) is 4.06. The average Bonchev–Trinajstić information content (AvgIpc) is 2.62. The van der Waals surface area contributed by atoms with Gasteiger partial charge >= 0.3 is 0 Å². The zero-order valence-corrected chi connectivity index (χ0v) is 10.6. The molecule has 0 bridgehead atoms. The van der Waals surface area contributed by atoms with E-state index in [0.29, 0.717) is 6.04 Å². The highest BCUT2D eigenvalue weighted by atomic mass is 32.1. The molecule has 3 heteroatoms. The number of aromatic nitrogens is 1. The van der Waals surface area contributed by atoms with Gasteiger partial charge in [0.25, 0.3) is 0 Å². The molecule has 1 atom stereocenters. The zero-order valence-electron chi connectivity index (χ0n) is 9.75. The van der Waals surface area contributed by atoms with Crippen LogP contribution in [0.15, 0.2) is 24.3 Å². The second-order valence-corrected chi connectivity index (χ2v) is 4.51. The van der Waals surface area contributed by atoms with Crippen molar-refractivity contribution in [2.45, 2.75) is 19.4 Å². The molecule has 2 rings (SSSR count). The van der Waals surface area contributed by atoms with Gasteiger partial charge in [-0.15, -0.1) is 0 Å². The van der Waals surface area contributed by atoms with Crippen LogP contribution >= 0.6 is 12.6 Å². The van der Waals surface area contributed by atoms with Crippen LogP contribution in [0.25, 0.3) is 10.9 Å². The Hall–Kier alpha value is -0.930. The molecule has 86 valence electrons. The molecule has 0 fully saturated rings. The Morgan fingerprint density at radius 3 is 2.81 bits per heavy atom. The van der Waals surface area contributed by atoms with Gasteiger partial charge in [0.05, 0.1) is 0 Å². The lowest BCUT2D eigenvalue weighted by atomic mass is 10.0. The first-order chi connectivity index (χ1) is 7.77. The summed E-state index contributed by atoms with van der Waals surface area (Å²) in [4.78, 5) is 3.44. The summed E-state index contributed by atoms with van der Waals surface area (Å²) >= 11 is 4.32. The topological polar surface area (TPSA) is 27.8 Å². The van der Waals surface area contributed by atoms with E-state index in [1.165, 1.54) is 22.2 Å². The average molecular weight is 234 g/mol. The first kappa shape index (κ1) is 11.6. The maximum absolute atomic E-state index is 4.32. The molecule has 1 unspecified atom stereocenters. The zero-order chi connectivity index (χ0) is 11.5. The van der Waals surface area contributed by atoms with Gasteiger partial charge in [0.1, 0.15) is 0 Å². The van der Waals surface area contributed by atoms with Crippen molar-refractivity contribution >= 4 is 23.5 Å². The number of fused-ring (bicyclic) bond motifs is 1. The summed E-state index contributed by atoms with van der Waals surface area (Å²) < 4.78 is 0. The van der Waals surface area contributed by atoms with E-state index in [1.54, 1.807) is 0 Å². The lowest BCUT2D eigenvalue weighted by molar-refractivity contribution is 0.582. The Kier molecular flexibility index (Phi) is 3.56. The number of thiol groups is 1. The second kappa shape index (κ2) is 4.93. The summed E-state index contributed by atoms with van der Waals surface area (Å²) in [5.74, 6) is 0.893. The summed E-state index contributed by atoms with van der Waals surface area (Å²) in [6.07, 6.45) is 1.04. The van der Waals surface area contributed by atoms with Crippen LogP contribution in [0, 0.1) is 6.92 Å². The van der Waals surface area contributed by atoms with E-state index in [2.05, 4.69) is 54.1 Å². The van der Waals surface area contributed by atoms with Crippen molar-refractivity contribution in [2.24, 2.45) is 0 Å². The molecule has 0 radical (unpaired) electrons. The van der Waals surface area contributed by atoms with E-state index >= 15 is 0 Å². The lowest BCUT2D eigenvalue weighted by Gasteiger charge is -2.15. The first-order valence-electron chi connectivity index (χ1n) is 5.63. The minimum absolute atomic E-state index is 0.383. The van der Waals surface area contributed by atoms with Crippen molar-refractivity contribution in [3.8, 4) is 0 Å². The fraction of sp³-hybridized carbons (Fsp3) is 0.385. The van der Waals surface area contributed by atoms with Gasteiger partial charge in [-0.25, -0.2) is 0 Å². The van der Waals surface area contributed by atoms with Gasteiger partial charge in [-0.2, -0.15) is 12.6 Å². The van der Waals surface area contributed by atoms with E-state index in [4.69, 9.17) is 0 Å². The molecule has 0 spiro atoms. The predicted molar refractivity (Wildman–Crippen MR) is 73.3 cm³/mol. The summed E-state index contributed by atoms with van der Waals surface area (Å²) in [5.41, 5.74) is 3.85. The standard InChI is InChI=1S/C13H18N2S/c1-9-13(12(14-2)7-8-16)10-5-3-4-6-11(10)15-9/h3-6,12,14-16H,7-8H2,1-2H3. The molecule has 1 heterocycles. The first-order valence-corrected chi connectivity index (χ1v) is 6.26. The maximum atomic E-state index is 4.32. The summed E-state index contributed by atoms with van der Waals surface area (Å²) in [6, 6.07) is 8.84. The highest BCUT2D eigenvalue weighted by Gasteiger charge is 2.16. The predicted octanol–water partition coefficient (Wildman–Crippen LogP) is 3.06. The van der Waals surface area contributed by atoms with E-state index < -0.39 is 0 Å². The molecular weight excluding hydrogens is 216 g/mol. The molecule has 2 nitrogen and oxygen atoms in total.